The number of hydrogen-bond acceptors (Lipinski definition) is 2. The van der Waals surface area contributed by atoms with Gasteiger partial charge in [0.2, 0.25) is 5.91 Å². The lowest BCUT2D eigenvalue weighted by molar-refractivity contribution is -0.132. The summed E-state index contributed by atoms with van der Waals surface area (Å²) < 4.78 is 0. The first-order valence-corrected chi connectivity index (χ1v) is 5.19. The van der Waals surface area contributed by atoms with Crippen molar-refractivity contribution in [1.29, 1.82) is 0 Å². The summed E-state index contributed by atoms with van der Waals surface area (Å²) in [6.07, 6.45) is 1.79. The standard InChI is InChI=1S/C9H16ClNO2/c1-2-8(10)9(13)11-5-3-7(12)4-6-11/h7-8,12H,2-6H2,1H3/t8-/m0/s1. The molecule has 1 atom stereocenters. The lowest BCUT2D eigenvalue weighted by Crippen LogP contribution is -2.43. The molecule has 76 valence electrons. The van der Waals surface area contributed by atoms with Crippen LogP contribution in [0, 0.1) is 0 Å². The van der Waals surface area contributed by atoms with Gasteiger partial charge in [0.1, 0.15) is 5.38 Å². The van der Waals surface area contributed by atoms with Gasteiger partial charge in [0.15, 0.2) is 0 Å². The zero-order chi connectivity index (χ0) is 9.84. The minimum absolute atomic E-state index is 0.0102. The number of aliphatic hydroxyl groups excluding tert-OH is 1. The van der Waals surface area contributed by atoms with Gasteiger partial charge in [-0.2, -0.15) is 0 Å². The Balaban J connectivity index is 2.40. The van der Waals surface area contributed by atoms with E-state index in [1.54, 1.807) is 4.90 Å². The molecule has 3 nitrogen and oxygen atoms in total. The van der Waals surface area contributed by atoms with E-state index in [0.29, 0.717) is 32.4 Å². The van der Waals surface area contributed by atoms with Gasteiger partial charge in [0, 0.05) is 13.1 Å². The molecule has 0 aliphatic carbocycles. The van der Waals surface area contributed by atoms with Crippen LogP contribution >= 0.6 is 11.6 Å². The largest absolute Gasteiger partial charge is 0.393 e. The van der Waals surface area contributed by atoms with E-state index in [1.165, 1.54) is 0 Å². The van der Waals surface area contributed by atoms with Crippen LogP contribution in [-0.4, -0.2) is 40.5 Å². The van der Waals surface area contributed by atoms with Gasteiger partial charge in [-0.3, -0.25) is 4.79 Å². The van der Waals surface area contributed by atoms with E-state index in [2.05, 4.69) is 0 Å². The van der Waals surface area contributed by atoms with E-state index >= 15 is 0 Å². The molecule has 0 saturated carbocycles. The highest BCUT2D eigenvalue weighted by molar-refractivity contribution is 6.30. The second-order valence-corrected chi connectivity index (χ2v) is 3.96. The molecule has 0 aromatic carbocycles. The monoisotopic (exact) mass is 205 g/mol. The third kappa shape index (κ3) is 2.85. The van der Waals surface area contributed by atoms with Crippen molar-refractivity contribution < 1.29 is 9.90 Å². The summed E-state index contributed by atoms with van der Waals surface area (Å²) >= 11 is 5.83. The average Bonchev–Trinajstić information content (AvgIpc) is 2.17. The SMILES string of the molecule is CC[C@H](Cl)C(=O)N1CCC(O)CC1. The summed E-state index contributed by atoms with van der Waals surface area (Å²) in [5.41, 5.74) is 0. The van der Waals surface area contributed by atoms with E-state index in [0.717, 1.165) is 0 Å². The van der Waals surface area contributed by atoms with Crippen molar-refractivity contribution in [2.24, 2.45) is 0 Å². The average molecular weight is 206 g/mol. The molecule has 1 heterocycles. The summed E-state index contributed by atoms with van der Waals surface area (Å²) in [5, 5.41) is 8.84. The number of likely N-dealkylation sites (tertiary alicyclic amines) is 1. The van der Waals surface area contributed by atoms with Crippen LogP contribution in [0.4, 0.5) is 0 Å². The molecule has 1 rings (SSSR count). The number of alkyl halides is 1. The van der Waals surface area contributed by atoms with Crippen molar-refractivity contribution in [1.82, 2.24) is 4.90 Å². The molecular weight excluding hydrogens is 190 g/mol. The molecule has 0 aromatic rings. The van der Waals surface area contributed by atoms with Gasteiger partial charge in [-0.05, 0) is 19.3 Å². The lowest BCUT2D eigenvalue weighted by Gasteiger charge is -2.30. The van der Waals surface area contributed by atoms with E-state index < -0.39 is 5.38 Å². The zero-order valence-corrected chi connectivity index (χ0v) is 8.63. The summed E-state index contributed by atoms with van der Waals surface area (Å²) in [5.74, 6) is 0.0102. The number of aliphatic hydroxyl groups is 1. The number of piperidine rings is 1. The van der Waals surface area contributed by atoms with Gasteiger partial charge in [0.05, 0.1) is 6.10 Å². The van der Waals surface area contributed by atoms with Gasteiger partial charge in [-0.1, -0.05) is 6.92 Å². The van der Waals surface area contributed by atoms with Crippen molar-refractivity contribution in [3.63, 3.8) is 0 Å². The van der Waals surface area contributed by atoms with E-state index in [-0.39, 0.29) is 12.0 Å². The fraction of sp³-hybridized carbons (Fsp3) is 0.889. The van der Waals surface area contributed by atoms with Gasteiger partial charge >= 0.3 is 0 Å². The fourth-order valence-corrected chi connectivity index (χ4v) is 1.60. The Labute approximate surface area is 83.7 Å². The van der Waals surface area contributed by atoms with Crippen molar-refractivity contribution in [2.75, 3.05) is 13.1 Å². The van der Waals surface area contributed by atoms with Crippen LogP contribution < -0.4 is 0 Å². The van der Waals surface area contributed by atoms with Crippen LogP contribution in [-0.2, 0) is 4.79 Å². The van der Waals surface area contributed by atoms with Crippen molar-refractivity contribution in [2.45, 2.75) is 37.7 Å². The molecule has 0 bridgehead atoms. The molecule has 1 aliphatic rings. The van der Waals surface area contributed by atoms with E-state index in [1.807, 2.05) is 6.92 Å². The molecule has 1 aliphatic heterocycles. The maximum Gasteiger partial charge on any atom is 0.240 e. The van der Waals surface area contributed by atoms with Crippen LogP contribution in [0.5, 0.6) is 0 Å². The second kappa shape index (κ2) is 4.82. The lowest BCUT2D eigenvalue weighted by atomic mass is 10.1. The molecule has 4 heteroatoms. The quantitative estimate of drug-likeness (QED) is 0.683. The summed E-state index contributed by atoms with van der Waals surface area (Å²) in [7, 11) is 0. The molecule has 0 unspecified atom stereocenters. The number of hydrogen-bond donors (Lipinski definition) is 1. The molecule has 1 fully saturated rings. The predicted molar refractivity (Wildman–Crippen MR) is 51.8 cm³/mol. The molecule has 0 radical (unpaired) electrons. The van der Waals surface area contributed by atoms with Crippen molar-refractivity contribution >= 4 is 17.5 Å². The molecule has 1 N–H and O–H groups in total. The van der Waals surface area contributed by atoms with Crippen molar-refractivity contribution in [3.8, 4) is 0 Å². The Morgan fingerprint density at radius 2 is 2.15 bits per heavy atom. The van der Waals surface area contributed by atoms with E-state index in [9.17, 15) is 9.90 Å². The highest BCUT2D eigenvalue weighted by atomic mass is 35.5. The molecular formula is C9H16ClNO2. The molecule has 1 saturated heterocycles. The minimum Gasteiger partial charge on any atom is -0.393 e. The third-order valence-electron chi connectivity index (χ3n) is 2.40. The normalized spacial score (nSPS) is 21.6. The van der Waals surface area contributed by atoms with Crippen LogP contribution in [0.1, 0.15) is 26.2 Å². The Kier molecular flexibility index (Phi) is 4.00. The first kappa shape index (κ1) is 10.8. The minimum atomic E-state index is -0.393. The van der Waals surface area contributed by atoms with E-state index in [4.69, 9.17) is 11.6 Å². The Morgan fingerprint density at radius 3 is 2.62 bits per heavy atom. The summed E-state index contributed by atoms with van der Waals surface area (Å²) in [4.78, 5) is 13.3. The number of rotatable bonds is 2. The molecule has 1 amide bonds. The number of carbonyl (C=O) groups excluding carboxylic acids is 1. The van der Waals surface area contributed by atoms with Crippen LogP contribution in [0.2, 0.25) is 0 Å². The van der Waals surface area contributed by atoms with Gasteiger partial charge < -0.3 is 10.0 Å². The topological polar surface area (TPSA) is 40.5 Å². The molecule has 0 aromatic heterocycles. The second-order valence-electron chi connectivity index (χ2n) is 3.43. The van der Waals surface area contributed by atoms with Crippen LogP contribution in [0.3, 0.4) is 0 Å². The molecule has 0 spiro atoms. The Bertz CT molecular complexity index is 178. The first-order valence-electron chi connectivity index (χ1n) is 4.76. The third-order valence-corrected chi connectivity index (χ3v) is 2.90. The maximum atomic E-state index is 11.5. The van der Waals surface area contributed by atoms with Gasteiger partial charge in [-0.15, -0.1) is 11.6 Å². The maximum absolute atomic E-state index is 11.5. The highest BCUT2D eigenvalue weighted by Crippen LogP contribution is 2.14. The predicted octanol–water partition coefficient (Wildman–Crippen LogP) is 0.987. The molecule has 13 heavy (non-hydrogen) atoms. The summed E-state index contributed by atoms with van der Waals surface area (Å²) in [6.45, 7) is 3.18. The number of carbonyl (C=O) groups is 1. The number of nitrogens with zero attached hydrogens (tertiary/aromatic N) is 1. The van der Waals surface area contributed by atoms with Gasteiger partial charge in [-0.25, -0.2) is 0 Å². The smallest absolute Gasteiger partial charge is 0.240 e. The first-order chi connectivity index (χ1) is 6.15. The summed E-state index contributed by atoms with van der Waals surface area (Å²) in [6, 6.07) is 0. The van der Waals surface area contributed by atoms with Crippen LogP contribution in [0.25, 0.3) is 0 Å². The van der Waals surface area contributed by atoms with Gasteiger partial charge in [0.25, 0.3) is 0 Å². The zero-order valence-electron chi connectivity index (χ0n) is 7.87. The van der Waals surface area contributed by atoms with Crippen molar-refractivity contribution in [3.05, 3.63) is 0 Å². The Hall–Kier alpha value is -0.280. The van der Waals surface area contributed by atoms with Crippen LogP contribution in [0.15, 0.2) is 0 Å². The number of amides is 1. The number of halogens is 1. The highest BCUT2D eigenvalue weighted by Gasteiger charge is 2.24. The fourth-order valence-electron chi connectivity index (χ4n) is 1.46. The Morgan fingerprint density at radius 1 is 1.62 bits per heavy atom.